The zero-order valence-corrected chi connectivity index (χ0v) is 30.1. The molecular formula is C37H52FN7O3. The van der Waals surface area contributed by atoms with E-state index >= 15 is 0 Å². The molecule has 0 fully saturated rings. The Kier molecular flexibility index (Phi) is 13.5. The Bertz CT molecular complexity index is 1660. The summed E-state index contributed by atoms with van der Waals surface area (Å²) in [5, 5.41) is 15.7. The summed E-state index contributed by atoms with van der Waals surface area (Å²) in [4.78, 5) is 24.9. The number of H-pyrrole nitrogens is 1. The van der Waals surface area contributed by atoms with Crippen molar-refractivity contribution in [3.63, 3.8) is 0 Å². The molecule has 1 aliphatic heterocycles. The summed E-state index contributed by atoms with van der Waals surface area (Å²) in [5.41, 5.74) is 5.51. The van der Waals surface area contributed by atoms with Crippen LogP contribution in [0.5, 0.6) is 0 Å². The molecule has 0 saturated heterocycles. The van der Waals surface area contributed by atoms with Crippen LogP contribution >= 0.6 is 0 Å². The fourth-order valence-corrected chi connectivity index (χ4v) is 5.47. The van der Waals surface area contributed by atoms with E-state index in [-0.39, 0.29) is 17.5 Å². The minimum absolute atomic E-state index is 0.109. The first kappa shape index (κ1) is 37.9. The van der Waals surface area contributed by atoms with Gasteiger partial charge < -0.3 is 10.1 Å². The molecule has 0 bridgehead atoms. The van der Waals surface area contributed by atoms with Crippen molar-refractivity contribution in [3.8, 4) is 5.69 Å². The number of benzene rings is 2. The van der Waals surface area contributed by atoms with Crippen LogP contribution in [0.3, 0.4) is 0 Å². The number of aryl methyl sites for hydroxylation is 2. The summed E-state index contributed by atoms with van der Waals surface area (Å²) < 4.78 is 20.9. The molecule has 1 amide bonds. The monoisotopic (exact) mass is 661 g/mol. The van der Waals surface area contributed by atoms with Crippen LogP contribution in [0.25, 0.3) is 16.6 Å². The molecule has 5 rings (SSSR count). The molecule has 11 heteroatoms. The topological polar surface area (TPSA) is 108 Å². The molecule has 0 saturated carbocycles. The molecule has 2 aromatic carbocycles. The molecule has 0 radical (unpaired) electrons. The van der Waals surface area contributed by atoms with Crippen molar-refractivity contribution in [1.82, 2.24) is 30.2 Å². The Morgan fingerprint density at radius 1 is 1.17 bits per heavy atom. The van der Waals surface area contributed by atoms with E-state index < -0.39 is 0 Å². The van der Waals surface area contributed by atoms with Gasteiger partial charge in [-0.3, -0.25) is 24.5 Å². The van der Waals surface area contributed by atoms with E-state index in [1.54, 1.807) is 26.2 Å². The molecule has 2 aromatic heterocycles. The minimum atomic E-state index is -0.318. The lowest BCUT2D eigenvalue weighted by molar-refractivity contribution is -0.138. The zero-order valence-electron chi connectivity index (χ0n) is 30.1. The number of carbonyl (C=O) groups excluding carboxylic acids is 2. The van der Waals surface area contributed by atoms with Crippen LogP contribution in [-0.4, -0.2) is 57.0 Å². The highest BCUT2D eigenvalue weighted by Gasteiger charge is 2.32. The van der Waals surface area contributed by atoms with Crippen LogP contribution in [0.15, 0.2) is 48.9 Å². The van der Waals surface area contributed by atoms with Crippen molar-refractivity contribution >= 4 is 35.3 Å². The van der Waals surface area contributed by atoms with Crippen LogP contribution < -0.4 is 10.2 Å². The lowest BCUT2D eigenvalue weighted by Crippen LogP contribution is -2.31. The number of ether oxygens (including phenoxy) is 1. The molecule has 0 unspecified atom stereocenters. The third-order valence-electron chi connectivity index (χ3n) is 8.00. The average Bonchev–Trinajstić information content (AvgIpc) is 3.65. The van der Waals surface area contributed by atoms with E-state index in [0.717, 1.165) is 58.2 Å². The van der Waals surface area contributed by atoms with Crippen LogP contribution in [0.1, 0.15) is 89.7 Å². The summed E-state index contributed by atoms with van der Waals surface area (Å²) in [7, 11) is 2.10. The molecule has 0 aliphatic carbocycles. The predicted molar refractivity (Wildman–Crippen MR) is 191 cm³/mol. The van der Waals surface area contributed by atoms with Gasteiger partial charge in [0.2, 0.25) is 6.41 Å². The van der Waals surface area contributed by atoms with Crippen molar-refractivity contribution in [2.24, 2.45) is 5.92 Å². The molecule has 3 heterocycles. The van der Waals surface area contributed by atoms with Crippen LogP contribution in [0.4, 0.5) is 15.9 Å². The van der Waals surface area contributed by atoms with E-state index in [1.807, 2.05) is 66.9 Å². The van der Waals surface area contributed by atoms with Crippen LogP contribution in [0.2, 0.25) is 0 Å². The summed E-state index contributed by atoms with van der Waals surface area (Å²) in [5.74, 6) is 1.53. The number of halogens is 1. The Hall–Kier alpha value is -4.51. The summed E-state index contributed by atoms with van der Waals surface area (Å²) in [6.45, 7) is 19.2. The Balaban J connectivity index is 0.000000408. The maximum atomic E-state index is 14.5. The standard InChI is InChI=1S/C26H28FN7O.C6H14.C5H10O2/c1-16-11-21(12-17(2)25(16)27)34-26(24-18(3)32(4)9-7-23(24)31-34)33(10-8-28-15-35)20-5-6-22-19(13-20)14-29-30-22;1-4-5-6(2)3;1-5(2,3)7-4-6/h5-6,8,10-15,18H,7,9H2,1-4H3,(H,28,35)(H,29,30);6H,4-5H2,1-3H3;4H,1-3H3/b10-8-;;/t18-;;/m0../s1. The van der Waals surface area contributed by atoms with E-state index in [0.29, 0.717) is 24.0 Å². The number of amides is 1. The number of nitrogens with one attached hydrogen (secondary N) is 2. The van der Waals surface area contributed by atoms with Crippen molar-refractivity contribution in [3.05, 3.63) is 77.1 Å². The van der Waals surface area contributed by atoms with Gasteiger partial charge in [-0.25, -0.2) is 9.07 Å². The van der Waals surface area contributed by atoms with Crippen LogP contribution in [-0.2, 0) is 20.7 Å². The molecule has 0 spiro atoms. The first-order valence-electron chi connectivity index (χ1n) is 16.5. The highest BCUT2D eigenvalue weighted by Crippen LogP contribution is 2.41. The number of hydrogen-bond donors (Lipinski definition) is 2. The lowest BCUT2D eigenvalue weighted by atomic mass is 9.99. The SMILES string of the molecule is CC(C)(C)OC=O.CCCC(C)C.Cc1cc(-n2nc3c(c2N(/C=C\NC=O)c2ccc4[nH]ncc4c2)[C@H](C)N(C)CC3)cc(C)c1F. The third kappa shape index (κ3) is 9.76. The van der Waals surface area contributed by atoms with E-state index in [4.69, 9.17) is 5.10 Å². The van der Waals surface area contributed by atoms with Crippen molar-refractivity contribution in [2.45, 2.75) is 93.2 Å². The smallest absolute Gasteiger partial charge is 0.293 e. The Labute approximate surface area is 284 Å². The minimum Gasteiger partial charge on any atom is -0.462 e. The first-order chi connectivity index (χ1) is 22.7. The van der Waals surface area contributed by atoms with Gasteiger partial charge in [0, 0.05) is 48.0 Å². The highest BCUT2D eigenvalue weighted by atomic mass is 19.1. The van der Waals surface area contributed by atoms with Gasteiger partial charge in [0.25, 0.3) is 6.47 Å². The third-order valence-corrected chi connectivity index (χ3v) is 8.00. The number of rotatable bonds is 9. The maximum Gasteiger partial charge on any atom is 0.293 e. The number of carbonyl (C=O) groups is 2. The van der Waals surface area contributed by atoms with Gasteiger partial charge in [0.15, 0.2) is 0 Å². The van der Waals surface area contributed by atoms with Crippen molar-refractivity contribution in [2.75, 3.05) is 18.5 Å². The number of fused-ring (bicyclic) bond motifs is 2. The Morgan fingerprint density at radius 2 is 1.85 bits per heavy atom. The molecule has 260 valence electrons. The van der Waals surface area contributed by atoms with Crippen LogP contribution in [0, 0.1) is 25.6 Å². The van der Waals surface area contributed by atoms with Gasteiger partial charge in [-0.2, -0.15) is 10.2 Å². The van der Waals surface area contributed by atoms with Gasteiger partial charge in [0.1, 0.15) is 17.2 Å². The summed E-state index contributed by atoms with van der Waals surface area (Å²) >= 11 is 0. The van der Waals surface area contributed by atoms with E-state index in [1.165, 1.54) is 12.8 Å². The normalized spacial score (nSPS) is 14.5. The largest absolute Gasteiger partial charge is 0.462 e. The Morgan fingerprint density at radius 3 is 2.40 bits per heavy atom. The van der Waals surface area contributed by atoms with E-state index in [9.17, 15) is 14.0 Å². The summed E-state index contributed by atoms with van der Waals surface area (Å²) in [6.07, 6.45) is 9.32. The second kappa shape index (κ2) is 17.1. The second-order valence-corrected chi connectivity index (χ2v) is 13.5. The number of aromatic nitrogens is 4. The van der Waals surface area contributed by atoms with Gasteiger partial charge in [-0.15, -0.1) is 0 Å². The number of hydrogen-bond acceptors (Lipinski definition) is 7. The van der Waals surface area contributed by atoms with Crippen molar-refractivity contribution < 1.29 is 18.7 Å². The van der Waals surface area contributed by atoms with Gasteiger partial charge in [-0.05, 0) is 96.0 Å². The van der Waals surface area contributed by atoms with Crippen molar-refractivity contribution in [1.29, 1.82) is 0 Å². The number of anilines is 2. The van der Waals surface area contributed by atoms with Gasteiger partial charge in [-0.1, -0.05) is 33.6 Å². The predicted octanol–water partition coefficient (Wildman–Crippen LogP) is 7.81. The number of nitrogens with zero attached hydrogens (tertiary/aromatic N) is 5. The average molecular weight is 662 g/mol. The molecular weight excluding hydrogens is 609 g/mol. The maximum absolute atomic E-state index is 14.5. The number of aromatic amines is 1. The molecule has 1 atom stereocenters. The fourth-order valence-electron chi connectivity index (χ4n) is 5.47. The molecule has 1 aliphatic rings. The molecule has 2 N–H and O–H groups in total. The summed E-state index contributed by atoms with van der Waals surface area (Å²) in [6, 6.07) is 9.76. The van der Waals surface area contributed by atoms with E-state index in [2.05, 4.69) is 59.9 Å². The molecule has 48 heavy (non-hydrogen) atoms. The number of likely N-dealkylation sites (N-methyl/N-ethyl adjacent to an activating group) is 1. The van der Waals surface area contributed by atoms with Gasteiger partial charge >= 0.3 is 0 Å². The molecule has 10 nitrogen and oxygen atoms in total. The zero-order chi connectivity index (χ0) is 35.6. The fraction of sp³-hybridized carbons (Fsp3) is 0.459. The highest BCUT2D eigenvalue weighted by molar-refractivity contribution is 5.84. The first-order valence-corrected chi connectivity index (χ1v) is 16.5. The second-order valence-electron chi connectivity index (χ2n) is 13.5. The van der Waals surface area contributed by atoms with Gasteiger partial charge in [0.05, 0.1) is 23.1 Å². The quantitative estimate of drug-likeness (QED) is 0.176. The lowest BCUT2D eigenvalue weighted by Gasteiger charge is -2.32. The molecule has 4 aromatic rings.